The molecule has 0 aliphatic carbocycles. The number of rotatable bonds is 4. The summed E-state index contributed by atoms with van der Waals surface area (Å²) >= 11 is 7.38. The highest BCUT2D eigenvalue weighted by Crippen LogP contribution is 2.10. The lowest BCUT2D eigenvalue weighted by Gasteiger charge is -2.02. The summed E-state index contributed by atoms with van der Waals surface area (Å²) in [6.45, 7) is 1.87. The van der Waals surface area contributed by atoms with Crippen molar-refractivity contribution in [3.05, 3.63) is 57.2 Å². The summed E-state index contributed by atoms with van der Waals surface area (Å²) < 4.78 is 0. The summed E-state index contributed by atoms with van der Waals surface area (Å²) in [4.78, 5) is 12.8. The van der Waals surface area contributed by atoms with Gasteiger partial charge in [-0.1, -0.05) is 29.8 Å². The van der Waals surface area contributed by atoms with Crippen LogP contribution in [0.2, 0.25) is 5.02 Å². The number of hydrazone groups is 1. The molecule has 2 rings (SSSR count). The van der Waals surface area contributed by atoms with Crippen molar-refractivity contribution in [3.8, 4) is 0 Å². The van der Waals surface area contributed by atoms with Gasteiger partial charge < -0.3 is 0 Å². The van der Waals surface area contributed by atoms with Gasteiger partial charge in [0.2, 0.25) is 5.91 Å². The van der Waals surface area contributed by atoms with E-state index in [2.05, 4.69) is 10.5 Å². The fourth-order valence-electron chi connectivity index (χ4n) is 1.51. The van der Waals surface area contributed by atoms with Gasteiger partial charge in [0.05, 0.1) is 12.1 Å². The maximum atomic E-state index is 11.7. The minimum atomic E-state index is -0.141. The molecular weight excluding hydrogens is 280 g/mol. The monoisotopic (exact) mass is 292 g/mol. The smallest absolute Gasteiger partial charge is 0.244 e. The highest BCUT2D eigenvalue weighted by Gasteiger charge is 2.03. The SMILES string of the molecule is C/C(=N/NC(=O)Cc1ccc(Cl)cc1)c1cccs1. The Morgan fingerprint density at radius 2 is 2.05 bits per heavy atom. The summed E-state index contributed by atoms with van der Waals surface area (Å²) in [5.41, 5.74) is 4.27. The third kappa shape index (κ3) is 4.19. The van der Waals surface area contributed by atoms with Crippen molar-refractivity contribution in [1.29, 1.82) is 0 Å². The first-order valence-corrected chi connectivity index (χ1v) is 7.02. The second kappa shape index (κ2) is 6.50. The lowest BCUT2D eigenvalue weighted by atomic mass is 10.1. The quantitative estimate of drug-likeness (QED) is 0.680. The first-order valence-electron chi connectivity index (χ1n) is 5.76. The zero-order valence-electron chi connectivity index (χ0n) is 10.4. The molecule has 0 saturated carbocycles. The Morgan fingerprint density at radius 1 is 1.32 bits per heavy atom. The molecule has 19 heavy (non-hydrogen) atoms. The normalized spacial score (nSPS) is 11.4. The number of thiophene rings is 1. The Bertz CT molecular complexity index is 576. The van der Waals surface area contributed by atoms with Crippen molar-refractivity contribution < 1.29 is 4.79 Å². The van der Waals surface area contributed by atoms with E-state index in [0.29, 0.717) is 11.4 Å². The van der Waals surface area contributed by atoms with Gasteiger partial charge in [-0.25, -0.2) is 5.43 Å². The topological polar surface area (TPSA) is 41.5 Å². The number of halogens is 1. The summed E-state index contributed by atoms with van der Waals surface area (Å²) in [5.74, 6) is -0.141. The van der Waals surface area contributed by atoms with E-state index >= 15 is 0 Å². The maximum absolute atomic E-state index is 11.7. The minimum absolute atomic E-state index is 0.141. The lowest BCUT2D eigenvalue weighted by Crippen LogP contribution is -2.21. The van der Waals surface area contributed by atoms with Crippen LogP contribution in [0.5, 0.6) is 0 Å². The van der Waals surface area contributed by atoms with E-state index in [4.69, 9.17) is 11.6 Å². The zero-order chi connectivity index (χ0) is 13.7. The molecule has 1 aromatic heterocycles. The molecule has 0 fully saturated rings. The molecule has 0 spiro atoms. The van der Waals surface area contributed by atoms with Gasteiger partial charge in [0.15, 0.2) is 0 Å². The molecule has 3 nitrogen and oxygen atoms in total. The van der Waals surface area contributed by atoms with E-state index in [1.54, 1.807) is 23.5 Å². The molecule has 2 aromatic rings. The van der Waals surface area contributed by atoms with Crippen LogP contribution in [0.1, 0.15) is 17.4 Å². The highest BCUT2D eigenvalue weighted by atomic mass is 35.5. The van der Waals surface area contributed by atoms with Crippen molar-refractivity contribution >= 4 is 34.6 Å². The Morgan fingerprint density at radius 3 is 2.68 bits per heavy atom. The molecule has 1 amide bonds. The van der Waals surface area contributed by atoms with E-state index in [-0.39, 0.29) is 5.91 Å². The van der Waals surface area contributed by atoms with Gasteiger partial charge in [0.1, 0.15) is 0 Å². The highest BCUT2D eigenvalue weighted by molar-refractivity contribution is 7.12. The van der Waals surface area contributed by atoms with Gasteiger partial charge in [-0.05, 0) is 36.1 Å². The number of nitrogens with one attached hydrogen (secondary N) is 1. The van der Waals surface area contributed by atoms with Crippen LogP contribution in [0.4, 0.5) is 0 Å². The van der Waals surface area contributed by atoms with Crippen LogP contribution in [-0.4, -0.2) is 11.6 Å². The molecule has 0 saturated heterocycles. The van der Waals surface area contributed by atoms with Crippen LogP contribution in [0, 0.1) is 0 Å². The first kappa shape index (κ1) is 13.8. The van der Waals surface area contributed by atoms with E-state index in [9.17, 15) is 4.79 Å². The number of nitrogens with zero attached hydrogens (tertiary/aromatic N) is 1. The van der Waals surface area contributed by atoms with Gasteiger partial charge in [0.25, 0.3) is 0 Å². The number of hydrogen-bond donors (Lipinski definition) is 1. The van der Waals surface area contributed by atoms with Crippen LogP contribution in [-0.2, 0) is 11.2 Å². The maximum Gasteiger partial charge on any atom is 0.244 e. The lowest BCUT2D eigenvalue weighted by molar-refractivity contribution is -0.120. The van der Waals surface area contributed by atoms with Crippen molar-refractivity contribution in [2.24, 2.45) is 5.10 Å². The van der Waals surface area contributed by atoms with Gasteiger partial charge in [-0.15, -0.1) is 11.3 Å². The standard InChI is InChI=1S/C14H13ClN2OS/c1-10(13-3-2-8-19-13)16-17-14(18)9-11-4-6-12(15)7-5-11/h2-8H,9H2,1H3,(H,17,18)/b16-10-. The first-order chi connectivity index (χ1) is 9.15. The predicted molar refractivity (Wildman–Crippen MR) is 79.8 cm³/mol. The number of carbonyl (C=O) groups excluding carboxylic acids is 1. The second-order valence-electron chi connectivity index (χ2n) is 4.01. The minimum Gasteiger partial charge on any atom is -0.273 e. The Kier molecular flexibility index (Phi) is 4.71. The fraction of sp³-hybridized carbons (Fsp3) is 0.143. The molecule has 0 aliphatic heterocycles. The van der Waals surface area contributed by atoms with Gasteiger partial charge in [0, 0.05) is 9.90 Å². The number of amides is 1. The Balaban J connectivity index is 1.91. The van der Waals surface area contributed by atoms with Crippen molar-refractivity contribution in [3.63, 3.8) is 0 Å². The molecular formula is C14H13ClN2OS. The third-order valence-corrected chi connectivity index (χ3v) is 3.73. The Hall–Kier alpha value is -1.65. The van der Waals surface area contributed by atoms with E-state index in [1.165, 1.54) is 0 Å². The van der Waals surface area contributed by atoms with Crippen LogP contribution < -0.4 is 5.43 Å². The molecule has 1 aromatic carbocycles. The van der Waals surface area contributed by atoms with Crippen LogP contribution in [0.3, 0.4) is 0 Å². The zero-order valence-corrected chi connectivity index (χ0v) is 12.0. The molecule has 0 aliphatic rings. The van der Waals surface area contributed by atoms with Crippen LogP contribution >= 0.6 is 22.9 Å². The van der Waals surface area contributed by atoms with Crippen LogP contribution in [0.15, 0.2) is 46.9 Å². The fourth-order valence-corrected chi connectivity index (χ4v) is 2.32. The predicted octanol–water partition coefficient (Wildman–Crippen LogP) is 3.48. The molecule has 1 N–H and O–H groups in total. The second-order valence-corrected chi connectivity index (χ2v) is 5.40. The average Bonchev–Trinajstić information content (AvgIpc) is 2.93. The summed E-state index contributed by atoms with van der Waals surface area (Å²) in [6, 6.07) is 11.1. The Labute approximate surface area is 120 Å². The molecule has 0 atom stereocenters. The molecule has 98 valence electrons. The number of hydrogen-bond acceptors (Lipinski definition) is 3. The number of carbonyl (C=O) groups is 1. The van der Waals surface area contributed by atoms with E-state index in [0.717, 1.165) is 16.2 Å². The van der Waals surface area contributed by atoms with Gasteiger partial charge in [-0.2, -0.15) is 5.10 Å². The molecule has 0 bridgehead atoms. The van der Waals surface area contributed by atoms with Crippen molar-refractivity contribution in [1.82, 2.24) is 5.43 Å². The molecule has 0 radical (unpaired) electrons. The summed E-state index contributed by atoms with van der Waals surface area (Å²) in [6.07, 6.45) is 0.290. The van der Waals surface area contributed by atoms with E-state index < -0.39 is 0 Å². The third-order valence-electron chi connectivity index (χ3n) is 2.50. The number of benzene rings is 1. The molecule has 1 heterocycles. The van der Waals surface area contributed by atoms with Crippen molar-refractivity contribution in [2.45, 2.75) is 13.3 Å². The van der Waals surface area contributed by atoms with Crippen LogP contribution in [0.25, 0.3) is 0 Å². The molecule has 5 heteroatoms. The van der Waals surface area contributed by atoms with Gasteiger partial charge in [-0.3, -0.25) is 4.79 Å². The van der Waals surface area contributed by atoms with E-state index in [1.807, 2.05) is 36.6 Å². The summed E-state index contributed by atoms with van der Waals surface area (Å²) in [7, 11) is 0. The van der Waals surface area contributed by atoms with Gasteiger partial charge >= 0.3 is 0 Å². The molecule has 0 unspecified atom stereocenters. The average molecular weight is 293 g/mol. The largest absolute Gasteiger partial charge is 0.273 e. The summed E-state index contributed by atoms with van der Waals surface area (Å²) in [5, 5.41) is 6.72. The van der Waals surface area contributed by atoms with Crippen molar-refractivity contribution in [2.75, 3.05) is 0 Å².